The Kier molecular flexibility index (Phi) is 6.26. The molecule has 0 radical (unpaired) electrons. The van der Waals surface area contributed by atoms with Crippen molar-refractivity contribution < 1.29 is 32.2 Å². The monoisotopic (exact) mass is 497 g/mol. The number of carbonyl (C=O) groups is 2. The van der Waals surface area contributed by atoms with Crippen molar-refractivity contribution in [3.63, 3.8) is 0 Å². The van der Waals surface area contributed by atoms with Crippen LogP contribution in [0.25, 0.3) is 0 Å². The van der Waals surface area contributed by atoms with Gasteiger partial charge in [0.05, 0.1) is 11.5 Å². The normalized spacial score (nSPS) is 18.8. The molecule has 10 heteroatoms. The number of fused-ring (bicyclic) bond motifs is 1. The van der Waals surface area contributed by atoms with Crippen molar-refractivity contribution in [3.8, 4) is 11.5 Å². The Morgan fingerprint density at radius 1 is 1.03 bits per heavy atom. The fourth-order valence-electron chi connectivity index (χ4n) is 4.55. The van der Waals surface area contributed by atoms with Crippen LogP contribution in [0.1, 0.15) is 33.0 Å². The second-order valence-electron chi connectivity index (χ2n) is 8.69. The number of nitrogens with zero attached hydrogens (tertiary/aromatic N) is 2. The van der Waals surface area contributed by atoms with Crippen LogP contribution in [-0.2, 0) is 17.5 Å². The third-order valence-corrected chi connectivity index (χ3v) is 6.40. The average Bonchev–Trinajstić information content (AvgIpc) is 3.54. The Hall–Kier alpha value is -4.08. The fraction of sp³-hybridized carbons (Fsp3) is 0.269. The van der Waals surface area contributed by atoms with E-state index < -0.39 is 23.6 Å². The molecule has 1 saturated heterocycles. The summed E-state index contributed by atoms with van der Waals surface area (Å²) in [5, 5.41) is 2.84. The van der Waals surface area contributed by atoms with E-state index in [1.165, 1.54) is 11.0 Å². The van der Waals surface area contributed by atoms with Crippen LogP contribution in [0.4, 0.5) is 13.2 Å². The number of amides is 2. The van der Waals surface area contributed by atoms with Crippen LogP contribution in [0.5, 0.6) is 11.5 Å². The Balaban J connectivity index is 1.40. The molecule has 0 bridgehead atoms. The van der Waals surface area contributed by atoms with Gasteiger partial charge in [0.15, 0.2) is 11.5 Å². The lowest BCUT2D eigenvalue weighted by molar-refractivity contribution is -0.137. The predicted molar refractivity (Wildman–Crippen MR) is 122 cm³/mol. The summed E-state index contributed by atoms with van der Waals surface area (Å²) in [6.45, 7) is 0.439. The van der Waals surface area contributed by atoms with E-state index in [4.69, 9.17) is 9.47 Å². The zero-order valence-electron chi connectivity index (χ0n) is 19.0. The number of carbonyl (C=O) groups excluding carboxylic acids is 2. The van der Waals surface area contributed by atoms with Crippen molar-refractivity contribution in [2.24, 2.45) is 5.92 Å². The Labute approximate surface area is 204 Å². The molecule has 0 saturated carbocycles. The summed E-state index contributed by atoms with van der Waals surface area (Å²) in [7, 11) is 0. The number of pyridine rings is 1. The number of hydrogen-bond acceptors (Lipinski definition) is 5. The third kappa shape index (κ3) is 4.84. The van der Waals surface area contributed by atoms with Crippen LogP contribution >= 0.6 is 0 Å². The Bertz CT molecular complexity index is 1280. The first-order valence-electron chi connectivity index (χ1n) is 11.3. The second kappa shape index (κ2) is 9.52. The van der Waals surface area contributed by atoms with Gasteiger partial charge in [0.25, 0.3) is 5.91 Å². The van der Waals surface area contributed by atoms with Crippen LogP contribution < -0.4 is 14.8 Å². The summed E-state index contributed by atoms with van der Waals surface area (Å²) in [5.74, 6) is -1.06. The maximum absolute atomic E-state index is 13.4. The van der Waals surface area contributed by atoms with Crippen molar-refractivity contribution in [2.75, 3.05) is 19.9 Å². The lowest BCUT2D eigenvalue weighted by Gasteiger charge is -2.19. The number of alkyl halides is 3. The molecule has 2 atom stereocenters. The molecule has 0 aliphatic carbocycles. The van der Waals surface area contributed by atoms with Crippen LogP contribution in [0.3, 0.4) is 0 Å². The molecule has 1 N–H and O–H groups in total. The highest BCUT2D eigenvalue weighted by Gasteiger charge is 2.41. The summed E-state index contributed by atoms with van der Waals surface area (Å²) in [6.07, 6.45) is -1.28. The van der Waals surface area contributed by atoms with E-state index in [0.29, 0.717) is 22.6 Å². The third-order valence-electron chi connectivity index (χ3n) is 6.40. The first-order valence-corrected chi connectivity index (χ1v) is 11.3. The minimum Gasteiger partial charge on any atom is -0.454 e. The molecular formula is C26H22F3N3O4. The van der Waals surface area contributed by atoms with Gasteiger partial charge in [-0.3, -0.25) is 14.6 Å². The van der Waals surface area contributed by atoms with E-state index in [1.54, 1.807) is 42.7 Å². The van der Waals surface area contributed by atoms with Crippen molar-refractivity contribution in [3.05, 3.63) is 89.2 Å². The number of likely N-dealkylation sites (tertiary alicyclic amines) is 1. The molecule has 2 amide bonds. The topological polar surface area (TPSA) is 80.8 Å². The summed E-state index contributed by atoms with van der Waals surface area (Å²) in [6, 6.07) is 13.3. The van der Waals surface area contributed by atoms with E-state index in [-0.39, 0.29) is 38.2 Å². The highest BCUT2D eigenvalue weighted by atomic mass is 19.4. The molecule has 7 nitrogen and oxygen atoms in total. The van der Waals surface area contributed by atoms with Gasteiger partial charge in [0, 0.05) is 43.5 Å². The van der Waals surface area contributed by atoms with E-state index in [1.807, 2.05) is 6.07 Å². The predicted octanol–water partition coefficient (Wildman–Crippen LogP) is 4.00. The van der Waals surface area contributed by atoms with Crippen LogP contribution in [0, 0.1) is 5.92 Å². The molecule has 5 rings (SSSR count). The number of ether oxygens (including phenoxy) is 2. The molecule has 1 fully saturated rings. The second-order valence-corrected chi connectivity index (χ2v) is 8.69. The summed E-state index contributed by atoms with van der Waals surface area (Å²) in [4.78, 5) is 32.0. The standard InChI is InChI=1S/C26H22F3N3O4/c27-26(28,29)19-5-1-4-17(9-19)20-13-32(25(34)18-6-7-22-23(10-18)36-15-35-22)14-21(20)24(33)31-12-16-3-2-8-30-11-16/h1-11,20-21H,12-15H2,(H,31,33). The molecule has 2 unspecified atom stereocenters. The summed E-state index contributed by atoms with van der Waals surface area (Å²) < 4.78 is 50.8. The van der Waals surface area contributed by atoms with Crippen molar-refractivity contribution in [1.29, 1.82) is 0 Å². The molecule has 1 aromatic heterocycles. The van der Waals surface area contributed by atoms with E-state index >= 15 is 0 Å². The zero-order valence-corrected chi connectivity index (χ0v) is 19.0. The largest absolute Gasteiger partial charge is 0.454 e. The van der Waals surface area contributed by atoms with Gasteiger partial charge >= 0.3 is 6.18 Å². The van der Waals surface area contributed by atoms with Gasteiger partial charge in [-0.1, -0.05) is 24.3 Å². The van der Waals surface area contributed by atoms with Crippen molar-refractivity contribution in [1.82, 2.24) is 15.2 Å². The van der Waals surface area contributed by atoms with E-state index in [9.17, 15) is 22.8 Å². The van der Waals surface area contributed by atoms with Gasteiger partial charge in [0.1, 0.15) is 0 Å². The SMILES string of the molecule is O=C(NCc1cccnc1)C1CN(C(=O)c2ccc3c(c2)OCO3)CC1c1cccc(C(F)(F)F)c1. The number of benzene rings is 2. The number of aromatic nitrogens is 1. The van der Waals surface area contributed by atoms with Gasteiger partial charge in [-0.2, -0.15) is 13.2 Å². The Morgan fingerprint density at radius 2 is 1.86 bits per heavy atom. The fourth-order valence-corrected chi connectivity index (χ4v) is 4.55. The summed E-state index contributed by atoms with van der Waals surface area (Å²) >= 11 is 0. The van der Waals surface area contributed by atoms with Gasteiger partial charge < -0.3 is 19.7 Å². The maximum Gasteiger partial charge on any atom is 0.416 e. The maximum atomic E-state index is 13.4. The number of halogens is 3. The molecule has 3 aromatic rings. The smallest absolute Gasteiger partial charge is 0.416 e. The first kappa shape index (κ1) is 23.7. The highest BCUT2D eigenvalue weighted by Crippen LogP contribution is 2.38. The summed E-state index contributed by atoms with van der Waals surface area (Å²) in [5.41, 5.74) is 0.689. The minimum absolute atomic E-state index is 0.0626. The van der Waals surface area contributed by atoms with Gasteiger partial charge in [-0.05, 0) is 41.5 Å². The lowest BCUT2D eigenvalue weighted by Crippen LogP contribution is -2.35. The number of nitrogens with one attached hydrogen (secondary N) is 1. The molecule has 2 aromatic carbocycles. The lowest BCUT2D eigenvalue weighted by atomic mass is 9.87. The quantitative estimate of drug-likeness (QED) is 0.577. The highest BCUT2D eigenvalue weighted by molar-refractivity contribution is 5.96. The zero-order chi connectivity index (χ0) is 25.3. The molecule has 3 heterocycles. The van der Waals surface area contributed by atoms with Crippen molar-refractivity contribution in [2.45, 2.75) is 18.6 Å². The minimum atomic E-state index is -4.52. The number of hydrogen-bond donors (Lipinski definition) is 1. The van der Waals surface area contributed by atoms with E-state index in [2.05, 4.69) is 10.3 Å². The first-order chi connectivity index (χ1) is 17.3. The van der Waals surface area contributed by atoms with Crippen LogP contribution in [-0.4, -0.2) is 41.6 Å². The van der Waals surface area contributed by atoms with Crippen molar-refractivity contribution >= 4 is 11.8 Å². The average molecular weight is 497 g/mol. The molecule has 186 valence electrons. The number of rotatable bonds is 5. The van der Waals surface area contributed by atoms with E-state index in [0.717, 1.165) is 17.7 Å². The van der Waals surface area contributed by atoms with Crippen LogP contribution in [0.2, 0.25) is 0 Å². The van der Waals surface area contributed by atoms with Gasteiger partial charge in [-0.15, -0.1) is 0 Å². The molecular weight excluding hydrogens is 475 g/mol. The molecule has 2 aliphatic heterocycles. The molecule has 36 heavy (non-hydrogen) atoms. The van der Waals surface area contributed by atoms with Gasteiger partial charge in [-0.25, -0.2) is 0 Å². The molecule has 2 aliphatic rings. The Morgan fingerprint density at radius 3 is 2.64 bits per heavy atom. The van der Waals surface area contributed by atoms with Gasteiger partial charge in [0.2, 0.25) is 12.7 Å². The molecule has 0 spiro atoms. The van der Waals surface area contributed by atoms with Crippen LogP contribution in [0.15, 0.2) is 67.0 Å².